The van der Waals surface area contributed by atoms with Gasteiger partial charge in [0.05, 0.1) is 22.8 Å². The van der Waals surface area contributed by atoms with Gasteiger partial charge in [0.1, 0.15) is 0 Å². The van der Waals surface area contributed by atoms with Crippen molar-refractivity contribution in [1.29, 1.82) is 0 Å². The van der Waals surface area contributed by atoms with Gasteiger partial charge in [-0.25, -0.2) is 4.98 Å². The highest BCUT2D eigenvalue weighted by Crippen LogP contribution is 2.26. The zero-order valence-electron chi connectivity index (χ0n) is 8.74. The maximum Gasteiger partial charge on any atom is 0.200 e. The molecule has 0 amide bonds. The van der Waals surface area contributed by atoms with Gasteiger partial charge in [0, 0.05) is 5.69 Å². The SMILES string of the molecule is Cc1cnc(N)n1Cc1cccc(Cl)c1Cl. The fourth-order valence-corrected chi connectivity index (χ4v) is 1.91. The lowest BCUT2D eigenvalue weighted by atomic mass is 10.2. The first-order valence-electron chi connectivity index (χ1n) is 4.80. The summed E-state index contributed by atoms with van der Waals surface area (Å²) in [4.78, 5) is 4.03. The van der Waals surface area contributed by atoms with Crippen molar-refractivity contribution in [3.05, 3.63) is 45.7 Å². The zero-order valence-corrected chi connectivity index (χ0v) is 10.3. The number of nitrogens with zero attached hydrogens (tertiary/aromatic N) is 2. The van der Waals surface area contributed by atoms with Gasteiger partial charge in [-0.3, -0.25) is 0 Å². The van der Waals surface area contributed by atoms with Crippen molar-refractivity contribution in [3.8, 4) is 0 Å². The Kier molecular flexibility index (Phi) is 3.08. The largest absolute Gasteiger partial charge is 0.369 e. The topological polar surface area (TPSA) is 43.8 Å². The highest BCUT2D eigenvalue weighted by molar-refractivity contribution is 6.42. The van der Waals surface area contributed by atoms with E-state index in [0.29, 0.717) is 22.5 Å². The Hall–Kier alpha value is -1.19. The summed E-state index contributed by atoms with van der Waals surface area (Å²) in [6, 6.07) is 5.55. The van der Waals surface area contributed by atoms with Crippen molar-refractivity contribution < 1.29 is 0 Å². The molecule has 1 aromatic carbocycles. The zero-order chi connectivity index (χ0) is 11.7. The summed E-state index contributed by atoms with van der Waals surface area (Å²) in [6.07, 6.45) is 1.73. The number of nitrogens with two attached hydrogens (primary N) is 1. The Morgan fingerprint density at radius 1 is 1.38 bits per heavy atom. The first-order chi connectivity index (χ1) is 7.59. The third kappa shape index (κ3) is 2.01. The van der Waals surface area contributed by atoms with Crippen molar-refractivity contribution in [2.45, 2.75) is 13.5 Å². The minimum atomic E-state index is 0.480. The van der Waals surface area contributed by atoms with Gasteiger partial charge in [0.15, 0.2) is 0 Å². The van der Waals surface area contributed by atoms with E-state index in [1.165, 1.54) is 0 Å². The molecule has 0 spiro atoms. The van der Waals surface area contributed by atoms with Crippen molar-refractivity contribution >= 4 is 29.2 Å². The molecule has 0 bridgehead atoms. The molecule has 2 rings (SSSR count). The fourth-order valence-electron chi connectivity index (χ4n) is 1.53. The van der Waals surface area contributed by atoms with E-state index in [-0.39, 0.29) is 0 Å². The molecule has 3 nitrogen and oxygen atoms in total. The van der Waals surface area contributed by atoms with E-state index in [1.54, 1.807) is 12.3 Å². The summed E-state index contributed by atoms with van der Waals surface area (Å²) in [5, 5.41) is 1.12. The molecule has 0 saturated carbocycles. The lowest BCUT2D eigenvalue weighted by molar-refractivity contribution is 0.783. The molecular formula is C11H11Cl2N3. The van der Waals surface area contributed by atoms with E-state index in [0.717, 1.165) is 11.3 Å². The van der Waals surface area contributed by atoms with Gasteiger partial charge >= 0.3 is 0 Å². The van der Waals surface area contributed by atoms with E-state index >= 15 is 0 Å². The quantitative estimate of drug-likeness (QED) is 0.897. The van der Waals surface area contributed by atoms with Gasteiger partial charge in [0.2, 0.25) is 5.95 Å². The Bertz CT molecular complexity index is 500. The van der Waals surface area contributed by atoms with E-state index in [4.69, 9.17) is 28.9 Å². The van der Waals surface area contributed by atoms with E-state index in [2.05, 4.69) is 4.98 Å². The highest BCUT2D eigenvalue weighted by Gasteiger charge is 2.08. The molecule has 16 heavy (non-hydrogen) atoms. The van der Waals surface area contributed by atoms with Crippen molar-refractivity contribution in [1.82, 2.24) is 9.55 Å². The van der Waals surface area contributed by atoms with Crippen LogP contribution in [-0.2, 0) is 6.54 Å². The van der Waals surface area contributed by atoms with Gasteiger partial charge in [0.25, 0.3) is 0 Å². The molecule has 1 heterocycles. The Morgan fingerprint density at radius 2 is 2.12 bits per heavy atom. The molecule has 0 fully saturated rings. The summed E-state index contributed by atoms with van der Waals surface area (Å²) in [5.74, 6) is 0.480. The smallest absolute Gasteiger partial charge is 0.200 e. The van der Waals surface area contributed by atoms with Gasteiger partial charge < -0.3 is 10.3 Å². The number of hydrogen-bond acceptors (Lipinski definition) is 2. The molecule has 2 aromatic rings. The van der Waals surface area contributed by atoms with Crippen LogP contribution in [0.15, 0.2) is 24.4 Å². The van der Waals surface area contributed by atoms with Crippen LogP contribution in [0.4, 0.5) is 5.95 Å². The molecule has 0 aliphatic heterocycles. The van der Waals surface area contributed by atoms with E-state index in [9.17, 15) is 0 Å². The standard InChI is InChI=1S/C11H11Cl2N3/c1-7-5-15-11(14)16(7)6-8-3-2-4-9(12)10(8)13/h2-5H,6H2,1H3,(H2,14,15). The third-order valence-corrected chi connectivity index (χ3v) is 3.30. The lowest BCUT2D eigenvalue weighted by Crippen LogP contribution is -2.06. The monoisotopic (exact) mass is 255 g/mol. The number of anilines is 1. The summed E-state index contributed by atoms with van der Waals surface area (Å²) in [7, 11) is 0. The van der Waals surface area contributed by atoms with Gasteiger partial charge in [-0.15, -0.1) is 0 Å². The maximum absolute atomic E-state index is 6.11. The van der Waals surface area contributed by atoms with E-state index < -0.39 is 0 Å². The van der Waals surface area contributed by atoms with Crippen LogP contribution in [0.3, 0.4) is 0 Å². The van der Waals surface area contributed by atoms with Crippen LogP contribution in [0, 0.1) is 6.92 Å². The first kappa shape index (κ1) is 11.3. The summed E-state index contributed by atoms with van der Waals surface area (Å²) in [5.41, 5.74) is 7.68. The minimum absolute atomic E-state index is 0.480. The minimum Gasteiger partial charge on any atom is -0.369 e. The van der Waals surface area contributed by atoms with Gasteiger partial charge in [-0.05, 0) is 18.6 Å². The third-order valence-electron chi connectivity index (χ3n) is 2.45. The van der Waals surface area contributed by atoms with Gasteiger partial charge in [-0.1, -0.05) is 35.3 Å². The van der Waals surface area contributed by atoms with Crippen LogP contribution >= 0.6 is 23.2 Å². The second-order valence-corrected chi connectivity index (χ2v) is 4.34. The number of imidazole rings is 1. The summed E-state index contributed by atoms with van der Waals surface area (Å²) >= 11 is 12.1. The molecule has 0 aliphatic carbocycles. The summed E-state index contributed by atoms with van der Waals surface area (Å²) in [6.45, 7) is 2.53. The Labute approximate surface area is 104 Å². The number of benzene rings is 1. The van der Waals surface area contributed by atoms with Crippen molar-refractivity contribution in [2.24, 2.45) is 0 Å². The van der Waals surface area contributed by atoms with Crippen LogP contribution < -0.4 is 5.73 Å². The van der Waals surface area contributed by atoms with Crippen molar-refractivity contribution in [2.75, 3.05) is 5.73 Å². The molecular weight excluding hydrogens is 245 g/mol. The van der Waals surface area contributed by atoms with Crippen LogP contribution in [0.2, 0.25) is 10.0 Å². The summed E-state index contributed by atoms with van der Waals surface area (Å²) < 4.78 is 1.89. The Balaban J connectivity index is 2.38. The molecule has 1 aromatic heterocycles. The van der Waals surface area contributed by atoms with Crippen LogP contribution in [0.5, 0.6) is 0 Å². The highest BCUT2D eigenvalue weighted by atomic mass is 35.5. The average molecular weight is 256 g/mol. The number of aryl methyl sites for hydroxylation is 1. The average Bonchev–Trinajstić information content (AvgIpc) is 2.56. The first-order valence-corrected chi connectivity index (χ1v) is 5.55. The molecule has 5 heteroatoms. The normalized spacial score (nSPS) is 10.7. The molecule has 0 aliphatic rings. The van der Waals surface area contributed by atoms with Gasteiger partial charge in [-0.2, -0.15) is 0 Å². The Morgan fingerprint density at radius 3 is 2.75 bits per heavy atom. The van der Waals surface area contributed by atoms with Crippen LogP contribution in [0.25, 0.3) is 0 Å². The predicted octanol–water partition coefficient (Wildman–Crippen LogP) is 3.13. The molecule has 0 atom stereocenters. The predicted molar refractivity (Wildman–Crippen MR) is 66.9 cm³/mol. The molecule has 0 saturated heterocycles. The van der Waals surface area contributed by atoms with Crippen LogP contribution in [0.1, 0.15) is 11.3 Å². The fraction of sp³-hybridized carbons (Fsp3) is 0.182. The molecule has 84 valence electrons. The maximum atomic E-state index is 6.11. The molecule has 0 radical (unpaired) electrons. The number of aromatic nitrogens is 2. The number of rotatable bonds is 2. The number of hydrogen-bond donors (Lipinski definition) is 1. The second kappa shape index (κ2) is 4.36. The molecule has 0 unspecified atom stereocenters. The van der Waals surface area contributed by atoms with E-state index in [1.807, 2.05) is 23.6 Å². The number of halogens is 2. The molecule has 2 N–H and O–H groups in total. The second-order valence-electron chi connectivity index (χ2n) is 3.56. The van der Waals surface area contributed by atoms with Crippen molar-refractivity contribution in [3.63, 3.8) is 0 Å². The number of nitrogen functional groups attached to an aromatic ring is 1. The lowest BCUT2D eigenvalue weighted by Gasteiger charge is -2.09. The van der Waals surface area contributed by atoms with Crippen LogP contribution in [-0.4, -0.2) is 9.55 Å².